The molecule has 2 unspecified atom stereocenters. The van der Waals surface area contributed by atoms with Gasteiger partial charge in [-0.25, -0.2) is 0 Å². The van der Waals surface area contributed by atoms with E-state index in [-0.39, 0.29) is 0 Å². The number of hydrogen-bond donors (Lipinski definition) is 0. The molecule has 0 aliphatic carbocycles. The van der Waals surface area contributed by atoms with Crippen molar-refractivity contribution in [2.45, 2.75) is 43.2 Å². The van der Waals surface area contributed by atoms with Crippen molar-refractivity contribution in [2.75, 3.05) is 0 Å². The third kappa shape index (κ3) is 3.07. The fraction of sp³-hybridized carbons (Fsp3) is 0.368. The minimum absolute atomic E-state index is 1.10. The molecular weight excluding hydrogens is 312 g/mol. The molecule has 0 N–H and O–H groups in total. The van der Waals surface area contributed by atoms with Gasteiger partial charge < -0.3 is 0 Å². The zero-order valence-electron chi connectivity index (χ0n) is 14.4. The Hall–Kier alpha value is -0.909. The van der Waals surface area contributed by atoms with E-state index in [1.807, 2.05) is 0 Å². The van der Waals surface area contributed by atoms with Gasteiger partial charge in [-0.05, 0) is 0 Å². The molecule has 0 amide bonds. The second kappa shape index (κ2) is 5.62. The molecule has 0 nitrogen and oxygen atoms in total. The number of rotatable bonds is 2. The van der Waals surface area contributed by atoms with Crippen molar-refractivity contribution in [3.8, 4) is 0 Å². The second-order valence-corrected chi connectivity index (χ2v) is 24.5. The lowest BCUT2D eigenvalue weighted by atomic mass is 10.4. The zero-order valence-corrected chi connectivity index (χ0v) is 17.4. The van der Waals surface area contributed by atoms with E-state index in [4.69, 9.17) is 0 Å². The summed E-state index contributed by atoms with van der Waals surface area (Å²) in [6.07, 6.45) is 0. The molecule has 1 saturated heterocycles. The van der Waals surface area contributed by atoms with Crippen LogP contribution in [0.5, 0.6) is 0 Å². The molecule has 1 aliphatic rings. The molecule has 1 fully saturated rings. The lowest BCUT2D eigenvalue weighted by Crippen LogP contribution is -2.66. The van der Waals surface area contributed by atoms with Crippen molar-refractivity contribution in [3.05, 3.63) is 60.7 Å². The van der Waals surface area contributed by atoms with Crippen LogP contribution in [0.25, 0.3) is 0 Å². The Morgan fingerprint density at radius 2 is 0.909 bits per heavy atom. The normalized spacial score (nSPS) is 30.9. The van der Waals surface area contributed by atoms with Crippen LogP contribution in [0.15, 0.2) is 60.7 Å². The molecule has 0 bridgehead atoms. The predicted octanol–water partition coefficient (Wildman–Crippen LogP) is 4.30. The molecule has 3 heteroatoms. The maximum atomic E-state index is 2.67. The molecule has 1 aliphatic heterocycles. The SMILES string of the molecule is C[Si]1(C)C[Si](C)(c2ccccc2)C[Si](C)(c2ccccc2)C1. The average Bonchev–Trinajstić information content (AvgIpc) is 2.47. The van der Waals surface area contributed by atoms with E-state index in [1.165, 1.54) is 5.67 Å². The summed E-state index contributed by atoms with van der Waals surface area (Å²) in [5.41, 5.74) is 4.67. The van der Waals surface area contributed by atoms with Crippen LogP contribution in [0.2, 0.25) is 43.2 Å². The van der Waals surface area contributed by atoms with Gasteiger partial charge in [0.05, 0.1) is 16.1 Å². The quantitative estimate of drug-likeness (QED) is 0.715. The third-order valence-corrected chi connectivity index (χ3v) is 29.1. The molecule has 0 spiro atoms. The molecule has 3 rings (SSSR count). The minimum atomic E-state index is -1.34. The number of hydrogen-bond acceptors (Lipinski definition) is 0. The van der Waals surface area contributed by atoms with Gasteiger partial charge in [0.1, 0.15) is 0 Å². The Balaban J connectivity index is 2.04. The van der Waals surface area contributed by atoms with Crippen molar-refractivity contribution >= 4 is 34.6 Å². The Kier molecular flexibility index (Phi) is 4.08. The first-order chi connectivity index (χ1) is 10.3. The molecule has 1 heterocycles. The Morgan fingerprint density at radius 1 is 0.545 bits per heavy atom. The molecule has 0 saturated carbocycles. The van der Waals surface area contributed by atoms with Crippen molar-refractivity contribution in [1.29, 1.82) is 0 Å². The highest BCUT2D eigenvalue weighted by Gasteiger charge is 2.51. The first-order valence-corrected chi connectivity index (χ1v) is 17.7. The summed E-state index contributed by atoms with van der Waals surface area (Å²) in [5.74, 6) is 0. The summed E-state index contributed by atoms with van der Waals surface area (Å²) in [4.78, 5) is 0. The summed E-state index contributed by atoms with van der Waals surface area (Å²) >= 11 is 0. The zero-order chi connectivity index (χ0) is 15.8. The van der Waals surface area contributed by atoms with Gasteiger partial charge in [0.25, 0.3) is 0 Å². The lowest BCUT2D eigenvalue weighted by Gasteiger charge is -2.49. The van der Waals surface area contributed by atoms with Gasteiger partial charge >= 0.3 is 0 Å². The van der Waals surface area contributed by atoms with Crippen LogP contribution in [0.4, 0.5) is 0 Å². The maximum Gasteiger partial charge on any atom is 0.0788 e. The van der Waals surface area contributed by atoms with E-state index in [2.05, 4.69) is 86.9 Å². The van der Waals surface area contributed by atoms with Crippen molar-refractivity contribution in [2.24, 2.45) is 0 Å². The van der Waals surface area contributed by atoms with E-state index < -0.39 is 24.2 Å². The monoisotopic (exact) mass is 340 g/mol. The Morgan fingerprint density at radius 3 is 1.27 bits per heavy atom. The van der Waals surface area contributed by atoms with E-state index >= 15 is 0 Å². The maximum absolute atomic E-state index is 2.67. The average molecular weight is 341 g/mol. The highest BCUT2D eigenvalue weighted by molar-refractivity contribution is 7.19. The van der Waals surface area contributed by atoms with Crippen molar-refractivity contribution < 1.29 is 0 Å². The fourth-order valence-corrected chi connectivity index (χ4v) is 39.2. The van der Waals surface area contributed by atoms with Gasteiger partial charge in [0, 0.05) is 8.07 Å². The van der Waals surface area contributed by atoms with Crippen molar-refractivity contribution in [3.63, 3.8) is 0 Å². The van der Waals surface area contributed by atoms with Crippen LogP contribution < -0.4 is 10.4 Å². The Bertz CT molecular complexity index is 583. The van der Waals surface area contributed by atoms with Gasteiger partial charge in [0.15, 0.2) is 0 Å². The molecule has 2 aromatic rings. The summed E-state index contributed by atoms with van der Waals surface area (Å²) in [7, 11) is -3.79. The first kappa shape index (κ1) is 16.0. The summed E-state index contributed by atoms with van der Waals surface area (Å²) in [5, 5.41) is 3.40. The van der Waals surface area contributed by atoms with E-state index in [9.17, 15) is 0 Å². The van der Waals surface area contributed by atoms with E-state index in [1.54, 1.807) is 21.7 Å². The second-order valence-electron chi connectivity index (χ2n) is 8.55. The minimum Gasteiger partial charge on any atom is -0.0697 e. The standard InChI is InChI=1S/C19H28Si3/c1-20(2)15-21(3,18-11-7-5-8-12-18)17-22(4,16-20)19-13-9-6-10-14-19/h5-14H,15-17H2,1-4H3. The van der Waals surface area contributed by atoms with Crippen LogP contribution in [-0.2, 0) is 0 Å². The molecule has 0 radical (unpaired) electrons. The topological polar surface area (TPSA) is 0 Å². The molecule has 22 heavy (non-hydrogen) atoms. The third-order valence-electron chi connectivity index (χ3n) is 5.46. The highest BCUT2D eigenvalue weighted by atomic mass is 28.5. The number of benzene rings is 2. The van der Waals surface area contributed by atoms with Crippen LogP contribution in [0.1, 0.15) is 0 Å². The molecule has 0 aromatic heterocycles. The molecule has 116 valence electrons. The lowest BCUT2D eigenvalue weighted by molar-refractivity contribution is 1.37. The van der Waals surface area contributed by atoms with Gasteiger partial charge in [-0.1, -0.05) is 114 Å². The van der Waals surface area contributed by atoms with Crippen LogP contribution in [-0.4, -0.2) is 24.2 Å². The van der Waals surface area contributed by atoms with Crippen LogP contribution in [0.3, 0.4) is 0 Å². The van der Waals surface area contributed by atoms with Crippen LogP contribution >= 0.6 is 0 Å². The van der Waals surface area contributed by atoms with Gasteiger partial charge in [0.2, 0.25) is 0 Å². The van der Waals surface area contributed by atoms with Crippen molar-refractivity contribution in [1.82, 2.24) is 0 Å². The smallest absolute Gasteiger partial charge is 0.0697 e. The van der Waals surface area contributed by atoms with E-state index in [0.717, 1.165) is 0 Å². The summed E-state index contributed by atoms with van der Waals surface area (Å²) in [6, 6.07) is 23.0. The first-order valence-electron chi connectivity index (χ1n) is 8.44. The van der Waals surface area contributed by atoms with Gasteiger partial charge in [-0.15, -0.1) is 0 Å². The molecule has 2 atom stereocenters. The van der Waals surface area contributed by atoms with E-state index in [0.29, 0.717) is 0 Å². The summed E-state index contributed by atoms with van der Waals surface area (Å²) in [6.45, 7) is 10.6. The summed E-state index contributed by atoms with van der Waals surface area (Å²) < 4.78 is 0. The Labute approximate surface area is 138 Å². The highest BCUT2D eigenvalue weighted by Crippen LogP contribution is 2.39. The fourth-order valence-electron chi connectivity index (χ4n) is 5.25. The largest absolute Gasteiger partial charge is 0.0788 e. The van der Waals surface area contributed by atoms with Gasteiger partial charge in [-0.3, -0.25) is 0 Å². The van der Waals surface area contributed by atoms with Crippen LogP contribution in [0, 0.1) is 0 Å². The molecular formula is C19H28Si3. The molecule has 2 aromatic carbocycles. The van der Waals surface area contributed by atoms with Gasteiger partial charge in [-0.2, -0.15) is 0 Å². The predicted molar refractivity (Wildman–Crippen MR) is 107 cm³/mol.